The molecule has 0 radical (unpaired) electrons. The summed E-state index contributed by atoms with van der Waals surface area (Å²) in [5.74, 6) is 0. The van der Waals surface area contributed by atoms with E-state index in [2.05, 4.69) is 18.5 Å². The van der Waals surface area contributed by atoms with Crippen LogP contribution in [0, 0.1) is 0 Å². The Bertz CT molecular complexity index is 955. The van der Waals surface area contributed by atoms with Crippen LogP contribution in [-0.2, 0) is 19.1 Å². The molecule has 0 unspecified atom stereocenters. The number of benzene rings is 2. The summed E-state index contributed by atoms with van der Waals surface area (Å²) in [6, 6.07) is 9.47. The predicted octanol–water partition coefficient (Wildman–Crippen LogP) is 6.63. The highest BCUT2D eigenvalue weighted by Gasteiger charge is 2.31. The van der Waals surface area contributed by atoms with Crippen molar-refractivity contribution in [2.45, 2.75) is 26.1 Å². The summed E-state index contributed by atoms with van der Waals surface area (Å²) in [6.07, 6.45) is -1.93. The Morgan fingerprint density at radius 1 is 1.19 bits per heavy atom. The van der Waals surface area contributed by atoms with Crippen LogP contribution < -0.4 is 5.32 Å². The van der Waals surface area contributed by atoms with Gasteiger partial charge in [0.15, 0.2) is 0 Å². The Morgan fingerprint density at radius 3 is 2.59 bits per heavy atom. The molecule has 0 bridgehead atoms. The second-order valence-electron chi connectivity index (χ2n) is 6.64. The van der Waals surface area contributed by atoms with Crippen molar-refractivity contribution in [3.8, 4) is 0 Å². The van der Waals surface area contributed by atoms with E-state index < -0.39 is 11.7 Å². The van der Waals surface area contributed by atoms with Gasteiger partial charge >= 0.3 is 6.18 Å². The lowest BCUT2D eigenvalue weighted by Gasteiger charge is -2.23. The van der Waals surface area contributed by atoms with Gasteiger partial charge in [-0.15, -0.1) is 0 Å². The highest BCUT2D eigenvalue weighted by molar-refractivity contribution is 6.31. The molecular weight excluding hydrogens is 371 g/mol. The number of allylic oxidation sites excluding steroid dienone is 4. The smallest absolute Gasteiger partial charge is 0.385 e. The van der Waals surface area contributed by atoms with Crippen molar-refractivity contribution in [1.82, 2.24) is 5.32 Å². The van der Waals surface area contributed by atoms with Crippen LogP contribution in [0.4, 0.5) is 13.2 Å². The van der Waals surface area contributed by atoms with E-state index in [0.717, 1.165) is 33.9 Å². The van der Waals surface area contributed by atoms with Gasteiger partial charge in [-0.3, -0.25) is 0 Å². The second kappa shape index (κ2) is 7.28. The van der Waals surface area contributed by atoms with Crippen LogP contribution in [0.5, 0.6) is 0 Å². The van der Waals surface area contributed by atoms with E-state index in [4.69, 9.17) is 11.6 Å². The number of rotatable bonds is 4. The highest BCUT2D eigenvalue weighted by Crippen LogP contribution is 2.39. The molecule has 3 rings (SSSR count). The first-order valence-corrected chi connectivity index (χ1v) is 8.81. The zero-order valence-corrected chi connectivity index (χ0v) is 15.6. The third kappa shape index (κ3) is 4.11. The fraction of sp³-hybridized carbons (Fsp3) is 0.182. The van der Waals surface area contributed by atoms with Crippen molar-refractivity contribution in [3.63, 3.8) is 0 Å². The zero-order chi connectivity index (χ0) is 19.8. The lowest BCUT2D eigenvalue weighted by atomic mass is 9.84. The summed E-state index contributed by atoms with van der Waals surface area (Å²) in [7, 11) is 0. The van der Waals surface area contributed by atoms with Gasteiger partial charge < -0.3 is 5.32 Å². The normalized spacial score (nSPS) is 13.8. The average molecular weight is 390 g/mol. The SMILES string of the molecule is C=C(C)NCc1cc(C(F)(F)F)ccc1C1=CC(=C)c2cccc(Cl)c2C1. The van der Waals surface area contributed by atoms with Crippen molar-refractivity contribution >= 4 is 22.7 Å². The van der Waals surface area contributed by atoms with Crippen molar-refractivity contribution in [2.24, 2.45) is 0 Å². The van der Waals surface area contributed by atoms with E-state index >= 15 is 0 Å². The van der Waals surface area contributed by atoms with Crippen molar-refractivity contribution < 1.29 is 13.2 Å². The van der Waals surface area contributed by atoms with Gasteiger partial charge in [0.25, 0.3) is 0 Å². The fourth-order valence-corrected chi connectivity index (χ4v) is 3.46. The molecule has 0 heterocycles. The molecule has 27 heavy (non-hydrogen) atoms. The van der Waals surface area contributed by atoms with E-state index in [0.29, 0.717) is 22.7 Å². The third-order valence-electron chi connectivity index (χ3n) is 4.54. The quantitative estimate of drug-likeness (QED) is 0.618. The maximum Gasteiger partial charge on any atom is 0.416 e. The molecule has 0 aliphatic heterocycles. The molecule has 2 aromatic rings. The monoisotopic (exact) mass is 389 g/mol. The first kappa shape index (κ1) is 19.3. The molecule has 0 saturated carbocycles. The molecule has 2 aromatic carbocycles. The van der Waals surface area contributed by atoms with Crippen LogP contribution in [0.25, 0.3) is 11.1 Å². The van der Waals surface area contributed by atoms with Crippen molar-refractivity contribution in [1.29, 1.82) is 0 Å². The maximum atomic E-state index is 13.2. The van der Waals surface area contributed by atoms with Gasteiger partial charge in [-0.2, -0.15) is 13.2 Å². The zero-order valence-electron chi connectivity index (χ0n) is 14.9. The summed E-state index contributed by atoms with van der Waals surface area (Å²) in [5, 5.41) is 3.66. The standard InChI is InChI=1S/C22H19ClF3N/c1-13(2)27-12-16-10-17(22(24,25)26)7-8-19(16)15-9-14(3)18-5-4-6-21(23)20(18)11-15/h4-10,27H,1,3,11-12H2,2H3. The number of halogens is 4. The minimum Gasteiger partial charge on any atom is -0.385 e. The molecular formula is C22H19ClF3N. The molecule has 0 aromatic heterocycles. The number of fused-ring (bicyclic) bond motifs is 1. The highest BCUT2D eigenvalue weighted by atomic mass is 35.5. The molecule has 1 aliphatic carbocycles. The molecule has 0 spiro atoms. The number of hydrogen-bond acceptors (Lipinski definition) is 1. The van der Waals surface area contributed by atoms with Gasteiger partial charge in [0.05, 0.1) is 5.56 Å². The molecule has 0 atom stereocenters. The molecule has 0 saturated heterocycles. The molecule has 140 valence electrons. The molecule has 0 fully saturated rings. The first-order valence-electron chi connectivity index (χ1n) is 8.44. The Balaban J connectivity index is 2.06. The van der Waals surface area contributed by atoms with E-state index in [1.165, 1.54) is 12.1 Å². The van der Waals surface area contributed by atoms with Crippen LogP contribution in [0.2, 0.25) is 5.02 Å². The Morgan fingerprint density at radius 2 is 1.93 bits per heavy atom. The van der Waals surface area contributed by atoms with Crippen LogP contribution >= 0.6 is 11.6 Å². The number of hydrogen-bond donors (Lipinski definition) is 1. The van der Waals surface area contributed by atoms with Gasteiger partial charge in [0.2, 0.25) is 0 Å². The molecule has 1 N–H and O–H groups in total. The second-order valence-corrected chi connectivity index (χ2v) is 7.05. The van der Waals surface area contributed by atoms with Crippen LogP contribution in [0.15, 0.2) is 61.3 Å². The van der Waals surface area contributed by atoms with Crippen molar-refractivity contribution in [2.75, 3.05) is 0 Å². The van der Waals surface area contributed by atoms with Gasteiger partial charge in [0, 0.05) is 23.7 Å². The van der Waals surface area contributed by atoms with E-state index in [-0.39, 0.29) is 6.54 Å². The maximum absolute atomic E-state index is 13.2. The molecule has 1 nitrogen and oxygen atoms in total. The Hall–Kier alpha value is -2.46. The van der Waals surface area contributed by atoms with Crippen LogP contribution in [0.3, 0.4) is 0 Å². The molecule has 1 aliphatic rings. The predicted molar refractivity (Wildman–Crippen MR) is 105 cm³/mol. The Kier molecular flexibility index (Phi) is 5.20. The van der Waals surface area contributed by atoms with Crippen LogP contribution in [0.1, 0.15) is 34.7 Å². The van der Waals surface area contributed by atoms with Gasteiger partial charge in [0.1, 0.15) is 0 Å². The average Bonchev–Trinajstić information content (AvgIpc) is 2.59. The largest absolute Gasteiger partial charge is 0.416 e. The third-order valence-corrected chi connectivity index (χ3v) is 4.89. The summed E-state index contributed by atoms with van der Waals surface area (Å²) >= 11 is 6.35. The molecule has 5 heteroatoms. The van der Waals surface area contributed by atoms with Gasteiger partial charge in [-0.25, -0.2) is 0 Å². The van der Waals surface area contributed by atoms with E-state index in [1.807, 2.05) is 24.3 Å². The van der Waals surface area contributed by atoms with E-state index in [9.17, 15) is 13.2 Å². The summed E-state index contributed by atoms with van der Waals surface area (Å²) < 4.78 is 39.5. The lowest BCUT2D eigenvalue weighted by Crippen LogP contribution is -2.14. The van der Waals surface area contributed by atoms with E-state index in [1.54, 1.807) is 6.92 Å². The lowest BCUT2D eigenvalue weighted by molar-refractivity contribution is -0.137. The van der Waals surface area contributed by atoms with Gasteiger partial charge in [-0.1, -0.05) is 49.0 Å². The topological polar surface area (TPSA) is 12.0 Å². The minimum absolute atomic E-state index is 0.258. The Labute approximate surface area is 161 Å². The minimum atomic E-state index is -4.39. The fourth-order valence-electron chi connectivity index (χ4n) is 3.22. The summed E-state index contributed by atoms with van der Waals surface area (Å²) in [4.78, 5) is 0. The van der Waals surface area contributed by atoms with Crippen molar-refractivity contribution in [3.05, 3.63) is 94.2 Å². The first-order chi connectivity index (χ1) is 12.7. The molecule has 0 amide bonds. The summed E-state index contributed by atoms with van der Waals surface area (Å²) in [5.41, 5.74) is 4.94. The summed E-state index contributed by atoms with van der Waals surface area (Å²) in [6.45, 7) is 9.87. The number of nitrogens with one attached hydrogen (secondary N) is 1. The number of alkyl halides is 3. The van der Waals surface area contributed by atoms with Gasteiger partial charge in [-0.05, 0) is 58.5 Å². The van der Waals surface area contributed by atoms with Crippen LogP contribution in [-0.4, -0.2) is 0 Å².